The van der Waals surface area contributed by atoms with E-state index in [0.717, 1.165) is 33.2 Å². The van der Waals surface area contributed by atoms with Crippen molar-refractivity contribution in [3.8, 4) is 22.8 Å². The summed E-state index contributed by atoms with van der Waals surface area (Å²) in [6.45, 7) is 6.28. The van der Waals surface area contributed by atoms with E-state index in [9.17, 15) is 14.7 Å². The molecule has 0 aliphatic heterocycles. The van der Waals surface area contributed by atoms with E-state index < -0.39 is 17.9 Å². The van der Waals surface area contributed by atoms with Crippen LogP contribution in [-0.2, 0) is 23.7 Å². The Bertz CT molecular complexity index is 1640. The largest absolute Gasteiger partial charge is 0.480 e. The maximum absolute atomic E-state index is 12.7. The first kappa shape index (κ1) is 25.9. The molecule has 2 N–H and O–H groups in total. The van der Waals surface area contributed by atoms with Gasteiger partial charge >= 0.3 is 5.97 Å². The standard InChI is InChI=1S/C31H30N4O4/c1-31(2,3)22-14-12-21(13-15-22)28(36)32-25(30(37)38)18-19-8-10-20(11-9-19)27-33-29(39-34-27)24-6-5-7-26-23(24)16-17-35(26)4/h5-17,25H,18H2,1-4H3,(H,32,36)(H,37,38). The molecular weight excluding hydrogens is 492 g/mol. The SMILES string of the molecule is Cn1ccc2c(-c3nc(-c4ccc(CC(NC(=O)c5ccc(C(C)(C)C)cc5)C(=O)O)cc4)no3)cccc21. The van der Waals surface area contributed by atoms with E-state index in [0.29, 0.717) is 17.3 Å². The monoisotopic (exact) mass is 522 g/mol. The number of aryl methyl sites for hydroxylation is 1. The van der Waals surface area contributed by atoms with Crippen LogP contribution in [0.1, 0.15) is 42.3 Å². The third-order valence-corrected chi connectivity index (χ3v) is 6.85. The van der Waals surface area contributed by atoms with Crippen molar-refractivity contribution in [2.45, 2.75) is 38.6 Å². The van der Waals surface area contributed by atoms with Crippen LogP contribution in [0.3, 0.4) is 0 Å². The minimum absolute atomic E-state index is 0.0379. The highest BCUT2D eigenvalue weighted by atomic mass is 16.5. The molecule has 8 heteroatoms. The van der Waals surface area contributed by atoms with Crippen LogP contribution in [0.25, 0.3) is 33.7 Å². The molecule has 0 spiro atoms. The summed E-state index contributed by atoms with van der Waals surface area (Å²) < 4.78 is 7.60. The summed E-state index contributed by atoms with van der Waals surface area (Å²) in [5.41, 5.74) is 4.90. The number of benzene rings is 3. The van der Waals surface area contributed by atoms with Crippen LogP contribution < -0.4 is 5.32 Å². The van der Waals surface area contributed by atoms with E-state index in [4.69, 9.17) is 4.52 Å². The van der Waals surface area contributed by atoms with Crippen LogP contribution in [-0.4, -0.2) is 37.7 Å². The van der Waals surface area contributed by atoms with Gasteiger partial charge < -0.3 is 19.5 Å². The molecule has 5 rings (SSSR count). The number of fused-ring (bicyclic) bond motifs is 1. The Labute approximate surface area is 226 Å². The molecule has 0 aliphatic carbocycles. The fourth-order valence-corrected chi connectivity index (χ4v) is 4.53. The predicted molar refractivity (Wildman–Crippen MR) is 149 cm³/mol. The first-order valence-electron chi connectivity index (χ1n) is 12.7. The van der Waals surface area contributed by atoms with E-state index in [1.54, 1.807) is 12.1 Å². The molecule has 1 unspecified atom stereocenters. The van der Waals surface area contributed by atoms with Crippen molar-refractivity contribution in [1.29, 1.82) is 0 Å². The molecule has 2 heterocycles. The van der Waals surface area contributed by atoms with Gasteiger partial charge in [0.2, 0.25) is 5.82 Å². The average molecular weight is 523 g/mol. The van der Waals surface area contributed by atoms with E-state index >= 15 is 0 Å². The van der Waals surface area contributed by atoms with Gasteiger partial charge in [-0.15, -0.1) is 0 Å². The molecule has 2 aromatic heterocycles. The lowest BCUT2D eigenvalue weighted by atomic mass is 9.86. The summed E-state index contributed by atoms with van der Waals surface area (Å²) >= 11 is 0. The van der Waals surface area contributed by atoms with E-state index in [1.807, 2.05) is 78.5 Å². The van der Waals surface area contributed by atoms with Gasteiger partial charge in [0, 0.05) is 47.3 Å². The van der Waals surface area contributed by atoms with E-state index in [-0.39, 0.29) is 11.8 Å². The molecule has 39 heavy (non-hydrogen) atoms. The first-order chi connectivity index (χ1) is 18.6. The molecule has 0 saturated carbocycles. The second kappa shape index (κ2) is 10.2. The van der Waals surface area contributed by atoms with Gasteiger partial charge in [0.25, 0.3) is 11.8 Å². The molecule has 0 saturated heterocycles. The number of amides is 1. The molecule has 3 aromatic carbocycles. The van der Waals surface area contributed by atoms with Crippen LogP contribution >= 0.6 is 0 Å². The smallest absolute Gasteiger partial charge is 0.326 e. The molecule has 198 valence electrons. The van der Waals surface area contributed by atoms with E-state index in [1.165, 1.54) is 0 Å². The number of nitrogens with zero attached hydrogens (tertiary/aromatic N) is 3. The van der Waals surface area contributed by atoms with Crippen molar-refractivity contribution in [3.05, 3.63) is 95.7 Å². The van der Waals surface area contributed by atoms with Gasteiger partial charge in [0.1, 0.15) is 6.04 Å². The number of nitrogens with one attached hydrogen (secondary N) is 1. The Kier molecular flexibility index (Phi) is 6.78. The summed E-state index contributed by atoms with van der Waals surface area (Å²) in [7, 11) is 1.98. The summed E-state index contributed by atoms with van der Waals surface area (Å²) in [4.78, 5) is 29.3. The van der Waals surface area contributed by atoms with E-state index in [2.05, 4.69) is 36.2 Å². The molecule has 1 atom stereocenters. The van der Waals surface area contributed by atoms with Gasteiger partial charge in [0.15, 0.2) is 0 Å². The zero-order chi connectivity index (χ0) is 27.7. The number of hydrogen-bond donors (Lipinski definition) is 2. The van der Waals surface area contributed by atoms with Crippen molar-refractivity contribution < 1.29 is 19.2 Å². The van der Waals surface area contributed by atoms with Crippen molar-refractivity contribution in [2.75, 3.05) is 0 Å². The zero-order valence-electron chi connectivity index (χ0n) is 22.3. The summed E-state index contributed by atoms with van der Waals surface area (Å²) in [5.74, 6) is -0.662. The van der Waals surface area contributed by atoms with Gasteiger partial charge in [-0.1, -0.05) is 68.4 Å². The van der Waals surface area contributed by atoms with Crippen molar-refractivity contribution in [2.24, 2.45) is 7.05 Å². The molecule has 8 nitrogen and oxygen atoms in total. The molecule has 0 aliphatic rings. The second-order valence-corrected chi connectivity index (χ2v) is 10.7. The molecule has 1 amide bonds. The Morgan fingerprint density at radius 3 is 2.38 bits per heavy atom. The quantitative estimate of drug-likeness (QED) is 0.287. The molecule has 0 bridgehead atoms. The lowest BCUT2D eigenvalue weighted by Gasteiger charge is -2.19. The van der Waals surface area contributed by atoms with Gasteiger partial charge in [-0.2, -0.15) is 4.98 Å². The molecule has 0 fully saturated rings. The topological polar surface area (TPSA) is 110 Å². The normalized spacial score (nSPS) is 12.4. The van der Waals surface area contributed by atoms with Crippen molar-refractivity contribution in [1.82, 2.24) is 20.0 Å². The summed E-state index contributed by atoms with van der Waals surface area (Å²) in [6.07, 6.45) is 2.12. The van der Waals surface area contributed by atoms with Crippen molar-refractivity contribution >= 4 is 22.8 Å². The number of hydrogen-bond acceptors (Lipinski definition) is 5. The minimum Gasteiger partial charge on any atom is -0.480 e. The Hall–Kier alpha value is -4.72. The first-order valence-corrected chi connectivity index (χ1v) is 12.7. The van der Waals surface area contributed by atoms with Crippen LogP contribution in [0.15, 0.2) is 83.5 Å². The van der Waals surface area contributed by atoms with Crippen molar-refractivity contribution in [3.63, 3.8) is 0 Å². The van der Waals surface area contributed by atoms with Crippen LogP contribution in [0.4, 0.5) is 0 Å². The Balaban J connectivity index is 1.28. The number of carboxylic acid groups (broad SMARTS) is 1. The lowest BCUT2D eigenvalue weighted by molar-refractivity contribution is -0.139. The average Bonchev–Trinajstić information content (AvgIpc) is 3.55. The third-order valence-electron chi connectivity index (χ3n) is 6.85. The predicted octanol–water partition coefficient (Wildman–Crippen LogP) is 5.62. The fraction of sp³-hybridized carbons (Fsp3) is 0.226. The van der Waals surface area contributed by atoms with Crippen LogP contribution in [0.5, 0.6) is 0 Å². The Morgan fingerprint density at radius 1 is 1.00 bits per heavy atom. The highest BCUT2D eigenvalue weighted by Crippen LogP contribution is 2.29. The lowest BCUT2D eigenvalue weighted by Crippen LogP contribution is -2.42. The number of carboxylic acids is 1. The van der Waals surface area contributed by atoms with Gasteiger partial charge in [-0.25, -0.2) is 4.79 Å². The van der Waals surface area contributed by atoms with Gasteiger partial charge in [0.05, 0.1) is 0 Å². The highest BCUT2D eigenvalue weighted by molar-refractivity contribution is 5.96. The maximum Gasteiger partial charge on any atom is 0.326 e. The Morgan fingerprint density at radius 2 is 1.72 bits per heavy atom. The summed E-state index contributed by atoms with van der Waals surface area (Å²) in [6, 6.07) is 21.4. The molecule has 5 aromatic rings. The molecular formula is C31H30N4O4. The minimum atomic E-state index is -1.10. The number of rotatable bonds is 7. The highest BCUT2D eigenvalue weighted by Gasteiger charge is 2.22. The molecule has 0 radical (unpaired) electrons. The number of carbonyl (C=O) groups is 2. The second-order valence-electron chi connectivity index (χ2n) is 10.7. The number of carbonyl (C=O) groups excluding carboxylic acids is 1. The summed E-state index contributed by atoms with van der Waals surface area (Å²) in [5, 5.41) is 17.6. The van der Waals surface area contributed by atoms with Crippen LogP contribution in [0.2, 0.25) is 0 Å². The maximum atomic E-state index is 12.7. The van der Waals surface area contributed by atoms with Crippen LogP contribution in [0, 0.1) is 0 Å². The number of aliphatic carboxylic acids is 1. The number of aromatic nitrogens is 3. The van der Waals surface area contributed by atoms with Gasteiger partial charge in [-0.05, 0) is 46.9 Å². The third kappa shape index (κ3) is 5.45. The van der Waals surface area contributed by atoms with Gasteiger partial charge in [-0.3, -0.25) is 4.79 Å². The zero-order valence-corrected chi connectivity index (χ0v) is 22.3. The fourth-order valence-electron chi connectivity index (χ4n) is 4.53.